The van der Waals surface area contributed by atoms with Gasteiger partial charge in [-0.15, -0.1) is 0 Å². The second-order valence-electron chi connectivity index (χ2n) is 0.763. The van der Waals surface area contributed by atoms with Crippen LogP contribution in [0.1, 0.15) is 0 Å². The summed E-state index contributed by atoms with van der Waals surface area (Å²) in [6.07, 6.45) is 1.13. The zero-order valence-corrected chi connectivity index (χ0v) is 7.46. The Balaban J connectivity index is 3.45. The molecule has 0 aromatic rings. The SMILES string of the molecule is O=C(Cl)OC=C(Br)Br. The van der Waals surface area contributed by atoms with Crippen LogP contribution in [0.15, 0.2) is 9.65 Å². The Morgan fingerprint density at radius 3 is 2.25 bits per heavy atom. The van der Waals surface area contributed by atoms with Gasteiger partial charge in [-0.1, -0.05) is 0 Å². The molecule has 8 heavy (non-hydrogen) atoms. The largest absolute Gasteiger partial charge is 0.421 e. The molecule has 2 nitrogen and oxygen atoms in total. The van der Waals surface area contributed by atoms with E-state index < -0.39 is 5.43 Å². The molecular formula is C3HBr2ClO2. The van der Waals surface area contributed by atoms with E-state index in [2.05, 4.69) is 36.6 Å². The summed E-state index contributed by atoms with van der Waals surface area (Å²) in [6.45, 7) is 0. The standard InChI is InChI=1S/C3HBr2ClO2/c4-2(5)1-8-3(6)7/h1H. The maximum absolute atomic E-state index is 9.81. The van der Waals surface area contributed by atoms with Gasteiger partial charge >= 0.3 is 5.43 Å². The zero-order chi connectivity index (χ0) is 6.57. The lowest BCUT2D eigenvalue weighted by Crippen LogP contribution is -1.81. The average Bonchev–Trinajstić information content (AvgIpc) is 1.61. The highest BCUT2D eigenvalue weighted by atomic mass is 79.9. The first-order valence-electron chi connectivity index (χ1n) is 1.50. The summed E-state index contributed by atoms with van der Waals surface area (Å²) >= 11 is 10.7. The van der Waals surface area contributed by atoms with E-state index in [0.29, 0.717) is 3.39 Å². The number of rotatable bonds is 1. The number of halogens is 3. The minimum Gasteiger partial charge on any atom is -0.421 e. The van der Waals surface area contributed by atoms with Crippen molar-refractivity contribution in [2.45, 2.75) is 0 Å². The molecule has 0 aliphatic heterocycles. The van der Waals surface area contributed by atoms with Gasteiger partial charge in [0.2, 0.25) is 0 Å². The smallest absolute Gasteiger partial charge is 0.408 e. The van der Waals surface area contributed by atoms with Crippen LogP contribution in [-0.2, 0) is 4.74 Å². The molecule has 0 fully saturated rings. The van der Waals surface area contributed by atoms with Crippen molar-refractivity contribution in [3.05, 3.63) is 9.65 Å². The van der Waals surface area contributed by atoms with Crippen molar-refractivity contribution in [2.75, 3.05) is 0 Å². The van der Waals surface area contributed by atoms with E-state index in [0.717, 1.165) is 6.26 Å². The molecule has 0 N–H and O–H groups in total. The van der Waals surface area contributed by atoms with Crippen LogP contribution in [0.3, 0.4) is 0 Å². The summed E-state index contributed by atoms with van der Waals surface area (Å²) in [7, 11) is 0. The Kier molecular flexibility index (Phi) is 4.60. The predicted molar refractivity (Wildman–Crippen MR) is 38.3 cm³/mol. The van der Waals surface area contributed by atoms with Crippen LogP contribution in [0.4, 0.5) is 4.79 Å². The molecule has 46 valence electrons. The van der Waals surface area contributed by atoms with E-state index in [1.54, 1.807) is 0 Å². The first-order chi connectivity index (χ1) is 3.63. The Morgan fingerprint density at radius 2 is 2.12 bits per heavy atom. The maximum atomic E-state index is 9.81. The van der Waals surface area contributed by atoms with E-state index in [4.69, 9.17) is 11.6 Å². The van der Waals surface area contributed by atoms with Gasteiger partial charge in [-0.2, -0.15) is 0 Å². The lowest BCUT2D eigenvalue weighted by Gasteiger charge is -1.85. The zero-order valence-electron chi connectivity index (χ0n) is 3.53. The van der Waals surface area contributed by atoms with Crippen molar-refractivity contribution in [3.8, 4) is 0 Å². The fraction of sp³-hybridized carbons (Fsp3) is 0. The van der Waals surface area contributed by atoms with E-state index >= 15 is 0 Å². The molecule has 0 saturated carbocycles. The van der Waals surface area contributed by atoms with Crippen molar-refractivity contribution in [3.63, 3.8) is 0 Å². The lowest BCUT2D eigenvalue weighted by atomic mass is 11.1. The van der Waals surface area contributed by atoms with Crippen LogP contribution >= 0.6 is 43.5 Å². The Labute approximate surface area is 68.1 Å². The molecule has 0 heterocycles. The van der Waals surface area contributed by atoms with E-state index in [1.807, 2.05) is 0 Å². The van der Waals surface area contributed by atoms with Crippen molar-refractivity contribution in [1.82, 2.24) is 0 Å². The molecule has 0 unspecified atom stereocenters. The summed E-state index contributed by atoms with van der Waals surface area (Å²) < 4.78 is 4.70. The molecule has 0 aromatic carbocycles. The van der Waals surface area contributed by atoms with Crippen molar-refractivity contribution in [1.29, 1.82) is 0 Å². The molecular weight excluding hydrogens is 263 g/mol. The van der Waals surface area contributed by atoms with Crippen LogP contribution in [0, 0.1) is 0 Å². The monoisotopic (exact) mass is 262 g/mol. The van der Waals surface area contributed by atoms with E-state index in [-0.39, 0.29) is 0 Å². The topological polar surface area (TPSA) is 26.3 Å². The van der Waals surface area contributed by atoms with E-state index in [1.165, 1.54) is 0 Å². The molecule has 0 amide bonds. The predicted octanol–water partition coefficient (Wildman–Crippen LogP) is 2.95. The van der Waals surface area contributed by atoms with Crippen molar-refractivity contribution >= 4 is 48.9 Å². The maximum Gasteiger partial charge on any atom is 0.408 e. The van der Waals surface area contributed by atoms with E-state index in [9.17, 15) is 4.79 Å². The highest BCUT2D eigenvalue weighted by Crippen LogP contribution is 2.12. The summed E-state index contributed by atoms with van der Waals surface area (Å²) in [6, 6.07) is 0. The minimum absolute atomic E-state index is 0.527. The molecule has 0 atom stereocenters. The van der Waals surface area contributed by atoms with Crippen LogP contribution in [0.25, 0.3) is 0 Å². The highest BCUT2D eigenvalue weighted by Gasteiger charge is 1.89. The molecule has 0 aliphatic carbocycles. The van der Waals surface area contributed by atoms with Crippen molar-refractivity contribution < 1.29 is 9.53 Å². The molecule has 0 spiro atoms. The highest BCUT2D eigenvalue weighted by molar-refractivity contribution is 9.28. The first kappa shape index (κ1) is 8.46. The van der Waals surface area contributed by atoms with Crippen LogP contribution in [-0.4, -0.2) is 5.43 Å². The third kappa shape index (κ3) is 6.46. The average molecular weight is 264 g/mol. The quantitative estimate of drug-likeness (QED) is 0.537. The minimum atomic E-state index is -0.860. The van der Waals surface area contributed by atoms with Crippen LogP contribution in [0.2, 0.25) is 0 Å². The first-order valence-corrected chi connectivity index (χ1v) is 3.46. The normalized spacial score (nSPS) is 7.88. The van der Waals surface area contributed by atoms with Gasteiger partial charge in [0, 0.05) is 11.6 Å². The number of ether oxygens (including phenoxy) is 1. The fourth-order valence-corrected chi connectivity index (χ4v) is 0.322. The van der Waals surface area contributed by atoms with Crippen LogP contribution in [0.5, 0.6) is 0 Å². The van der Waals surface area contributed by atoms with Gasteiger partial charge in [0.05, 0.1) is 3.39 Å². The molecule has 0 aliphatic rings. The second-order valence-corrected chi connectivity index (χ2v) is 3.84. The summed E-state index contributed by atoms with van der Waals surface area (Å²) in [5, 5.41) is 0. The Hall–Kier alpha value is 0.460. The van der Waals surface area contributed by atoms with Crippen LogP contribution < -0.4 is 0 Å². The van der Waals surface area contributed by atoms with Gasteiger partial charge in [-0.25, -0.2) is 4.79 Å². The third-order valence-corrected chi connectivity index (χ3v) is 0.704. The molecule has 0 aromatic heterocycles. The summed E-state index contributed by atoms with van der Waals surface area (Å²) in [4.78, 5) is 9.81. The molecule has 0 bridgehead atoms. The Bertz CT molecular complexity index is 118. The summed E-state index contributed by atoms with van der Waals surface area (Å²) in [5.74, 6) is 0. The second kappa shape index (κ2) is 4.35. The number of carbonyl (C=O) groups is 1. The van der Waals surface area contributed by atoms with Gasteiger partial charge < -0.3 is 4.74 Å². The number of carbonyl (C=O) groups excluding carboxylic acids is 1. The number of hydrogen-bond acceptors (Lipinski definition) is 2. The van der Waals surface area contributed by atoms with Gasteiger partial charge in [0.15, 0.2) is 0 Å². The lowest BCUT2D eigenvalue weighted by molar-refractivity contribution is 0.212. The number of hydrogen-bond donors (Lipinski definition) is 0. The van der Waals surface area contributed by atoms with Gasteiger partial charge in [-0.3, -0.25) is 0 Å². The molecule has 0 radical (unpaired) electrons. The molecule has 5 heteroatoms. The summed E-state index contributed by atoms with van der Waals surface area (Å²) in [5.41, 5.74) is -0.860. The van der Waals surface area contributed by atoms with Gasteiger partial charge in [0.25, 0.3) is 0 Å². The van der Waals surface area contributed by atoms with Gasteiger partial charge in [-0.05, 0) is 31.9 Å². The third-order valence-electron chi connectivity index (χ3n) is 0.241. The van der Waals surface area contributed by atoms with Crippen molar-refractivity contribution in [2.24, 2.45) is 0 Å². The molecule has 0 rings (SSSR count). The van der Waals surface area contributed by atoms with Gasteiger partial charge in [0.1, 0.15) is 6.26 Å². The Morgan fingerprint density at radius 1 is 1.62 bits per heavy atom. The fourth-order valence-electron chi connectivity index (χ4n) is 0.0909. The molecule has 0 saturated heterocycles.